The molecule has 1 saturated carbocycles. The van der Waals surface area contributed by atoms with Crippen molar-refractivity contribution in [3.8, 4) is 0 Å². The molecule has 34 heavy (non-hydrogen) atoms. The lowest BCUT2D eigenvalue weighted by Gasteiger charge is -2.34. The average molecular weight is 484 g/mol. The van der Waals surface area contributed by atoms with Crippen LogP contribution in [0, 0.1) is 11.8 Å². The van der Waals surface area contributed by atoms with E-state index in [4.69, 9.17) is 18.9 Å². The van der Waals surface area contributed by atoms with Crippen LogP contribution in [0.1, 0.15) is 73.6 Å². The van der Waals surface area contributed by atoms with Crippen LogP contribution in [0.4, 0.5) is 9.59 Å². The van der Waals surface area contributed by atoms with Gasteiger partial charge in [-0.3, -0.25) is 0 Å². The SMILES string of the molecule is CC(C)(C)OC(=O)N[C@H]1CCO[C@H]2CCC[C@@H]12.CC(C)(C)OC(=O)N[C@H]1CCO[C@H]2CNC[C@@H]12. The first-order valence-corrected chi connectivity index (χ1v) is 12.8. The van der Waals surface area contributed by atoms with Crippen molar-refractivity contribution < 1.29 is 28.5 Å². The summed E-state index contributed by atoms with van der Waals surface area (Å²) >= 11 is 0. The minimum absolute atomic E-state index is 0.165. The van der Waals surface area contributed by atoms with Crippen molar-refractivity contribution in [2.75, 3.05) is 26.3 Å². The molecule has 9 nitrogen and oxygen atoms in total. The summed E-state index contributed by atoms with van der Waals surface area (Å²) in [5.74, 6) is 0.854. The van der Waals surface area contributed by atoms with Crippen LogP contribution in [-0.4, -0.2) is 74.0 Å². The molecule has 4 rings (SSSR count). The van der Waals surface area contributed by atoms with Crippen LogP contribution >= 0.6 is 0 Å². The number of amides is 2. The predicted octanol–water partition coefficient (Wildman–Crippen LogP) is 3.36. The first-order chi connectivity index (χ1) is 15.9. The molecule has 196 valence electrons. The van der Waals surface area contributed by atoms with Crippen molar-refractivity contribution in [3.63, 3.8) is 0 Å². The number of carbonyl (C=O) groups excluding carboxylic acids is 2. The number of fused-ring (bicyclic) bond motifs is 2. The highest BCUT2D eigenvalue weighted by molar-refractivity contribution is 5.68. The van der Waals surface area contributed by atoms with Crippen LogP contribution in [0.2, 0.25) is 0 Å². The Balaban J connectivity index is 0.000000191. The number of rotatable bonds is 2. The third kappa shape index (κ3) is 8.27. The Labute approximate surface area is 204 Å². The van der Waals surface area contributed by atoms with Gasteiger partial charge in [0.25, 0.3) is 0 Å². The quantitative estimate of drug-likeness (QED) is 0.553. The lowest BCUT2D eigenvalue weighted by Crippen LogP contribution is -2.50. The first kappa shape index (κ1) is 27.0. The molecule has 4 fully saturated rings. The second-order valence-electron chi connectivity index (χ2n) is 11.8. The summed E-state index contributed by atoms with van der Waals surface area (Å²) in [6, 6.07) is 0.393. The molecule has 4 aliphatic rings. The van der Waals surface area contributed by atoms with Gasteiger partial charge in [0.05, 0.1) is 12.2 Å². The predicted molar refractivity (Wildman–Crippen MR) is 129 cm³/mol. The molecule has 2 amide bonds. The van der Waals surface area contributed by atoms with Gasteiger partial charge in [0, 0.05) is 50.2 Å². The fourth-order valence-corrected chi connectivity index (χ4v) is 5.28. The molecule has 9 heteroatoms. The zero-order valence-corrected chi connectivity index (χ0v) is 21.8. The maximum absolute atomic E-state index is 11.7. The summed E-state index contributed by atoms with van der Waals surface area (Å²) in [6.07, 6.45) is 5.24. The molecule has 0 aromatic heterocycles. The Bertz CT molecular complexity index is 631. The topological polar surface area (TPSA) is 107 Å². The van der Waals surface area contributed by atoms with Crippen LogP contribution in [-0.2, 0) is 18.9 Å². The summed E-state index contributed by atoms with van der Waals surface area (Å²) in [6.45, 7) is 14.5. The molecule has 1 aliphatic carbocycles. The lowest BCUT2D eigenvalue weighted by atomic mass is 9.91. The van der Waals surface area contributed by atoms with Crippen molar-refractivity contribution in [3.05, 3.63) is 0 Å². The van der Waals surface area contributed by atoms with Gasteiger partial charge in [-0.2, -0.15) is 0 Å². The fraction of sp³-hybridized carbons (Fsp3) is 0.920. The second-order valence-corrected chi connectivity index (χ2v) is 11.8. The van der Waals surface area contributed by atoms with Gasteiger partial charge in [-0.1, -0.05) is 6.42 Å². The molecule has 3 N–H and O–H groups in total. The Hall–Kier alpha value is -1.58. The summed E-state index contributed by atoms with van der Waals surface area (Å²) in [4.78, 5) is 23.5. The molecule has 0 aromatic rings. The van der Waals surface area contributed by atoms with Gasteiger partial charge in [0.1, 0.15) is 11.2 Å². The van der Waals surface area contributed by atoms with E-state index < -0.39 is 11.2 Å². The molecule has 3 aliphatic heterocycles. The zero-order valence-electron chi connectivity index (χ0n) is 21.8. The van der Waals surface area contributed by atoms with Crippen LogP contribution in [0.5, 0.6) is 0 Å². The summed E-state index contributed by atoms with van der Waals surface area (Å²) in [7, 11) is 0. The maximum atomic E-state index is 11.7. The van der Waals surface area contributed by atoms with Crippen molar-refractivity contribution in [2.24, 2.45) is 11.8 Å². The Morgan fingerprint density at radius 1 is 0.735 bits per heavy atom. The molecule has 3 saturated heterocycles. The zero-order chi connectivity index (χ0) is 24.9. The summed E-state index contributed by atoms with van der Waals surface area (Å²) in [5, 5.41) is 9.27. The third-order valence-corrected chi connectivity index (χ3v) is 6.67. The van der Waals surface area contributed by atoms with E-state index in [2.05, 4.69) is 16.0 Å². The minimum Gasteiger partial charge on any atom is -0.444 e. The number of hydrogen-bond donors (Lipinski definition) is 3. The van der Waals surface area contributed by atoms with E-state index in [1.807, 2.05) is 41.5 Å². The molecule has 0 spiro atoms. The van der Waals surface area contributed by atoms with Crippen molar-refractivity contribution in [2.45, 2.75) is 109 Å². The minimum atomic E-state index is -0.442. The highest BCUT2D eigenvalue weighted by Gasteiger charge is 2.40. The molecular formula is C25H45N3O6. The molecule has 0 bridgehead atoms. The van der Waals surface area contributed by atoms with E-state index in [0.717, 1.165) is 45.4 Å². The Kier molecular flexibility index (Phi) is 9.09. The fourth-order valence-electron chi connectivity index (χ4n) is 5.28. The normalized spacial score (nSPS) is 33.0. The molecule has 6 atom stereocenters. The van der Waals surface area contributed by atoms with Crippen LogP contribution in [0.3, 0.4) is 0 Å². The van der Waals surface area contributed by atoms with E-state index in [1.54, 1.807) is 0 Å². The number of alkyl carbamates (subject to hydrolysis) is 2. The van der Waals surface area contributed by atoms with Gasteiger partial charge in [0.2, 0.25) is 0 Å². The van der Waals surface area contributed by atoms with Crippen molar-refractivity contribution in [1.82, 2.24) is 16.0 Å². The first-order valence-electron chi connectivity index (χ1n) is 12.8. The molecule has 3 heterocycles. The maximum Gasteiger partial charge on any atom is 0.407 e. The molecular weight excluding hydrogens is 438 g/mol. The largest absolute Gasteiger partial charge is 0.444 e. The van der Waals surface area contributed by atoms with Crippen LogP contribution < -0.4 is 16.0 Å². The Morgan fingerprint density at radius 3 is 1.82 bits per heavy atom. The van der Waals surface area contributed by atoms with Gasteiger partial charge in [-0.15, -0.1) is 0 Å². The van der Waals surface area contributed by atoms with E-state index in [9.17, 15) is 9.59 Å². The van der Waals surface area contributed by atoms with Gasteiger partial charge < -0.3 is 34.9 Å². The summed E-state index contributed by atoms with van der Waals surface area (Å²) in [5.41, 5.74) is -0.868. The van der Waals surface area contributed by atoms with Crippen LogP contribution in [0.25, 0.3) is 0 Å². The highest BCUT2D eigenvalue weighted by Crippen LogP contribution is 2.35. The van der Waals surface area contributed by atoms with Gasteiger partial charge in [-0.25, -0.2) is 9.59 Å². The lowest BCUT2D eigenvalue weighted by molar-refractivity contribution is -0.0292. The van der Waals surface area contributed by atoms with Gasteiger partial charge >= 0.3 is 12.2 Å². The average Bonchev–Trinajstić information content (AvgIpc) is 3.35. The van der Waals surface area contributed by atoms with E-state index in [1.165, 1.54) is 6.42 Å². The molecule has 0 radical (unpaired) electrons. The molecule has 0 aromatic carbocycles. The standard InChI is InChI=1S/C13H23NO3.C12H22N2O3/c1-13(2,3)17-12(15)14-10-7-8-16-11-6-4-5-9(10)11;1-12(2,3)17-11(15)14-9-4-5-16-10-7-13-6-8(9)10/h9-11H,4-8H2,1-3H3,(H,14,15);8-10,13H,4-7H2,1-3H3,(H,14,15)/t9-,10-,11-;8-,9-,10-/m00/s1. The van der Waals surface area contributed by atoms with Crippen molar-refractivity contribution >= 4 is 12.2 Å². The van der Waals surface area contributed by atoms with E-state index >= 15 is 0 Å². The van der Waals surface area contributed by atoms with Gasteiger partial charge in [-0.05, 0) is 67.2 Å². The second kappa shape index (κ2) is 11.4. The van der Waals surface area contributed by atoms with E-state index in [0.29, 0.717) is 24.5 Å². The summed E-state index contributed by atoms with van der Waals surface area (Å²) < 4.78 is 22.0. The number of carbonyl (C=O) groups is 2. The number of hydrogen-bond acceptors (Lipinski definition) is 7. The highest BCUT2D eigenvalue weighted by atomic mass is 16.6. The Morgan fingerprint density at radius 2 is 1.26 bits per heavy atom. The molecule has 0 unspecified atom stereocenters. The van der Waals surface area contributed by atoms with Crippen molar-refractivity contribution in [1.29, 1.82) is 0 Å². The van der Waals surface area contributed by atoms with E-state index in [-0.39, 0.29) is 30.4 Å². The smallest absolute Gasteiger partial charge is 0.407 e. The third-order valence-electron chi connectivity index (χ3n) is 6.67. The van der Waals surface area contributed by atoms with Crippen LogP contribution in [0.15, 0.2) is 0 Å². The number of ether oxygens (including phenoxy) is 4. The number of nitrogens with one attached hydrogen (secondary N) is 3. The van der Waals surface area contributed by atoms with Gasteiger partial charge in [0.15, 0.2) is 0 Å². The monoisotopic (exact) mass is 483 g/mol.